The number of hydrogen-bond acceptors (Lipinski definition) is 4. The third kappa shape index (κ3) is 2.86. The highest BCUT2D eigenvalue weighted by atomic mass is 16.2. The second kappa shape index (κ2) is 4.23. The van der Waals surface area contributed by atoms with E-state index in [1.54, 1.807) is 0 Å². The van der Waals surface area contributed by atoms with Gasteiger partial charge in [0.15, 0.2) is 5.82 Å². The van der Waals surface area contributed by atoms with Crippen molar-refractivity contribution >= 4 is 6.03 Å². The van der Waals surface area contributed by atoms with Gasteiger partial charge in [0.1, 0.15) is 0 Å². The lowest BCUT2D eigenvalue weighted by molar-refractivity contribution is 0.229. The van der Waals surface area contributed by atoms with Crippen LogP contribution in [0.2, 0.25) is 0 Å². The molecule has 0 radical (unpaired) electrons. The molecule has 1 aromatic rings. The quantitative estimate of drug-likeness (QED) is 0.701. The Balaban J connectivity index is 0.00000289. The molecule has 0 aromatic carbocycles. The minimum atomic E-state index is -0.643. The van der Waals surface area contributed by atoms with Crippen molar-refractivity contribution in [2.24, 2.45) is 0 Å². The maximum Gasteiger partial charge on any atom is 0.373 e. The molecular formula is C10H21N5O2. The van der Waals surface area contributed by atoms with Gasteiger partial charge in [-0.15, -0.1) is 9.78 Å². The summed E-state index contributed by atoms with van der Waals surface area (Å²) >= 11 is 0. The highest BCUT2D eigenvalue weighted by Crippen LogP contribution is 2.07. The molecule has 0 saturated heterocycles. The zero-order valence-corrected chi connectivity index (χ0v) is 10.8. The minimum absolute atomic E-state index is 0. The van der Waals surface area contributed by atoms with E-state index >= 15 is 0 Å². The van der Waals surface area contributed by atoms with Gasteiger partial charge in [-0.1, -0.05) is 13.8 Å². The Kier molecular flexibility index (Phi) is 3.30. The Morgan fingerprint density at radius 1 is 1.47 bits per heavy atom. The van der Waals surface area contributed by atoms with Crippen LogP contribution in [0.5, 0.6) is 0 Å². The maximum absolute atomic E-state index is 11.8. The Bertz CT molecular complexity index is 483. The van der Waals surface area contributed by atoms with E-state index in [-0.39, 0.29) is 7.34 Å². The fraction of sp³-hybridized carbons (Fsp3) is 0.700. The van der Waals surface area contributed by atoms with E-state index in [9.17, 15) is 9.59 Å². The Morgan fingerprint density at radius 3 is 2.35 bits per heavy atom. The summed E-state index contributed by atoms with van der Waals surface area (Å²) in [5.41, 5.74) is -1.08. The number of rotatable bonds is 1. The molecule has 7 nitrogen and oxygen atoms in total. The summed E-state index contributed by atoms with van der Waals surface area (Å²) in [4.78, 5) is 23.5. The maximum atomic E-state index is 11.8. The third-order valence-corrected chi connectivity index (χ3v) is 2.03. The number of aromatic nitrogens is 3. The number of carbonyl (C=O) groups is 1. The van der Waals surface area contributed by atoms with Gasteiger partial charge in [-0.3, -0.25) is 0 Å². The molecule has 0 saturated carbocycles. The van der Waals surface area contributed by atoms with Crippen LogP contribution in [-0.4, -0.2) is 26.0 Å². The van der Waals surface area contributed by atoms with Gasteiger partial charge < -0.3 is 11.2 Å². The van der Waals surface area contributed by atoms with Crippen molar-refractivity contribution in [2.75, 3.05) is 5.84 Å². The largest absolute Gasteiger partial charge is 0.373 e. The predicted molar refractivity (Wildman–Crippen MR) is 66.5 cm³/mol. The first-order chi connectivity index (χ1) is 7.63. The first-order valence-electron chi connectivity index (χ1n) is 5.43. The molecule has 0 atom stereocenters. The summed E-state index contributed by atoms with van der Waals surface area (Å²) in [6.45, 7) is 9.14. The van der Waals surface area contributed by atoms with Crippen molar-refractivity contribution in [1.82, 2.24) is 19.8 Å². The summed E-state index contributed by atoms with van der Waals surface area (Å²) in [6, 6.07) is -0.575. The lowest BCUT2D eigenvalue weighted by Gasteiger charge is -2.19. The van der Waals surface area contributed by atoms with Gasteiger partial charge in [0, 0.05) is 12.9 Å². The second-order valence-corrected chi connectivity index (χ2v) is 5.26. The molecule has 0 unspecified atom stereocenters. The highest BCUT2D eigenvalue weighted by Gasteiger charge is 2.21. The van der Waals surface area contributed by atoms with Gasteiger partial charge in [-0.05, 0) is 20.8 Å². The molecular weight excluding hydrogens is 222 g/mol. The highest BCUT2D eigenvalue weighted by molar-refractivity contribution is 5.76. The van der Waals surface area contributed by atoms with E-state index in [2.05, 4.69) is 10.4 Å². The molecule has 1 aromatic heterocycles. The van der Waals surface area contributed by atoms with Gasteiger partial charge in [0.25, 0.3) is 0 Å². The molecule has 0 aliphatic heterocycles. The molecule has 98 valence electrons. The molecule has 1 amide bonds. The summed E-state index contributed by atoms with van der Waals surface area (Å²) < 4.78 is 1.65. The Morgan fingerprint density at radius 2 is 2.00 bits per heavy atom. The fourth-order valence-corrected chi connectivity index (χ4v) is 1.29. The van der Waals surface area contributed by atoms with E-state index in [1.807, 2.05) is 34.6 Å². The molecule has 7 heteroatoms. The zero-order chi connectivity index (χ0) is 13.4. The van der Waals surface area contributed by atoms with Crippen molar-refractivity contribution in [2.45, 2.75) is 46.1 Å². The van der Waals surface area contributed by atoms with Gasteiger partial charge in [0.05, 0.1) is 0 Å². The smallest absolute Gasteiger partial charge is 0.333 e. The average molecular weight is 243 g/mol. The topological polar surface area (TPSA) is 94.9 Å². The molecule has 0 fully saturated rings. The number of amides is 1. The summed E-state index contributed by atoms with van der Waals surface area (Å²) in [7, 11) is 0. The van der Waals surface area contributed by atoms with Gasteiger partial charge in [-0.2, -0.15) is 4.68 Å². The van der Waals surface area contributed by atoms with E-state index in [4.69, 9.17) is 5.84 Å². The molecule has 0 spiro atoms. The number of nitrogens with zero attached hydrogens (tertiary/aromatic N) is 3. The minimum Gasteiger partial charge on any atom is -0.333 e. The predicted octanol–water partition coefficient (Wildman–Crippen LogP) is 0.484. The van der Waals surface area contributed by atoms with Gasteiger partial charge >= 0.3 is 11.7 Å². The molecule has 0 aliphatic carbocycles. The van der Waals surface area contributed by atoms with Crippen molar-refractivity contribution in [3.05, 3.63) is 16.3 Å². The van der Waals surface area contributed by atoms with Crippen LogP contribution in [0.15, 0.2) is 4.79 Å². The SMILES string of the molecule is CC(C)c1nn(C(=O)NC(C)(C)C)c(=O)n1N.[HH]. The molecule has 0 bridgehead atoms. The second-order valence-electron chi connectivity index (χ2n) is 5.26. The van der Waals surface area contributed by atoms with E-state index in [1.165, 1.54) is 0 Å². The number of nitrogens with one attached hydrogen (secondary N) is 1. The zero-order valence-electron chi connectivity index (χ0n) is 10.8. The van der Waals surface area contributed by atoms with Crippen LogP contribution in [0.4, 0.5) is 4.79 Å². The van der Waals surface area contributed by atoms with E-state index < -0.39 is 17.3 Å². The van der Waals surface area contributed by atoms with Crippen LogP contribution in [0.25, 0.3) is 0 Å². The molecule has 0 aliphatic rings. The first-order valence-corrected chi connectivity index (χ1v) is 5.43. The van der Waals surface area contributed by atoms with Crippen LogP contribution in [-0.2, 0) is 0 Å². The molecule has 1 rings (SSSR count). The van der Waals surface area contributed by atoms with Gasteiger partial charge in [-0.25, -0.2) is 9.59 Å². The van der Waals surface area contributed by atoms with Gasteiger partial charge in [0.2, 0.25) is 0 Å². The van der Waals surface area contributed by atoms with Crippen LogP contribution < -0.4 is 16.8 Å². The van der Waals surface area contributed by atoms with Crippen LogP contribution in [0, 0.1) is 0 Å². The summed E-state index contributed by atoms with van der Waals surface area (Å²) in [5.74, 6) is 5.89. The lowest BCUT2D eigenvalue weighted by Crippen LogP contribution is -2.47. The summed E-state index contributed by atoms with van der Waals surface area (Å²) in [5, 5.41) is 6.57. The van der Waals surface area contributed by atoms with Crippen molar-refractivity contribution < 1.29 is 6.22 Å². The number of nitrogen functional groups attached to an aromatic ring is 1. The molecule has 17 heavy (non-hydrogen) atoms. The standard InChI is InChI=1S/C10H19N5O2.H2/c1-6(2)7-13-15(9(17)14(7)11)8(16)12-10(3,4)5;/h6H,11H2,1-5H3,(H,12,16);1H. The number of nitrogens with two attached hydrogens (primary N) is 1. The third-order valence-electron chi connectivity index (χ3n) is 2.03. The lowest BCUT2D eigenvalue weighted by atomic mass is 10.1. The van der Waals surface area contributed by atoms with Crippen molar-refractivity contribution in [3.63, 3.8) is 0 Å². The number of carbonyl (C=O) groups excluding carboxylic acids is 1. The normalized spacial score (nSPS) is 11.9. The van der Waals surface area contributed by atoms with Crippen LogP contribution in [0.1, 0.15) is 47.8 Å². The van der Waals surface area contributed by atoms with Crippen LogP contribution in [0.3, 0.4) is 0 Å². The van der Waals surface area contributed by atoms with E-state index in [0.717, 1.165) is 9.36 Å². The average Bonchev–Trinajstić information content (AvgIpc) is 2.41. The Labute approximate surface area is 101 Å². The fourth-order valence-electron chi connectivity index (χ4n) is 1.29. The van der Waals surface area contributed by atoms with E-state index in [0.29, 0.717) is 5.82 Å². The van der Waals surface area contributed by atoms with Crippen molar-refractivity contribution in [1.29, 1.82) is 0 Å². The number of hydrogen-bond donors (Lipinski definition) is 2. The van der Waals surface area contributed by atoms with Crippen LogP contribution >= 0.6 is 0 Å². The summed E-state index contributed by atoms with van der Waals surface area (Å²) in [6.07, 6.45) is 0. The van der Waals surface area contributed by atoms with Crippen molar-refractivity contribution in [3.8, 4) is 0 Å². The monoisotopic (exact) mass is 243 g/mol. The first kappa shape index (κ1) is 13.3. The molecule has 3 N–H and O–H groups in total. The molecule has 1 heterocycles. The Hall–Kier alpha value is -1.79.